The number of carbonyl (C=O) groups is 3. The third-order valence-electron chi connectivity index (χ3n) is 6.06. The normalized spacial score (nSPS) is 13.0. The van der Waals surface area contributed by atoms with Gasteiger partial charge in [-0.25, -0.2) is 9.59 Å². The summed E-state index contributed by atoms with van der Waals surface area (Å²) in [5.74, 6) is -1.59. The highest BCUT2D eigenvalue weighted by molar-refractivity contribution is 7.11. The van der Waals surface area contributed by atoms with Gasteiger partial charge in [0.1, 0.15) is 17.2 Å². The van der Waals surface area contributed by atoms with Crippen LogP contribution in [-0.4, -0.2) is 40.1 Å². The summed E-state index contributed by atoms with van der Waals surface area (Å²) in [5, 5.41) is 15.0. The van der Waals surface area contributed by atoms with Crippen LogP contribution in [0.5, 0.6) is 0 Å². The average molecular weight is 494 g/mol. The van der Waals surface area contributed by atoms with Gasteiger partial charge < -0.3 is 20.5 Å². The van der Waals surface area contributed by atoms with E-state index >= 15 is 0 Å². The van der Waals surface area contributed by atoms with Gasteiger partial charge in [-0.3, -0.25) is 4.79 Å². The number of aromatic carboxylic acids is 1. The Morgan fingerprint density at radius 1 is 1.09 bits per heavy atom. The Morgan fingerprint density at radius 2 is 1.71 bits per heavy atom. The van der Waals surface area contributed by atoms with E-state index in [-0.39, 0.29) is 29.5 Å². The van der Waals surface area contributed by atoms with Crippen molar-refractivity contribution in [1.29, 1.82) is 0 Å². The third-order valence-corrected chi connectivity index (χ3v) is 6.92. The Hall–Kier alpha value is -3.72. The zero-order chi connectivity index (χ0) is 24.9. The van der Waals surface area contributed by atoms with Crippen LogP contribution in [0.3, 0.4) is 0 Å². The molecule has 3 aromatic rings. The molecule has 8 nitrogen and oxygen atoms in total. The van der Waals surface area contributed by atoms with Gasteiger partial charge in [-0.1, -0.05) is 61.9 Å². The minimum atomic E-state index is -1.14. The highest BCUT2D eigenvalue weighted by Crippen LogP contribution is 2.44. The third kappa shape index (κ3) is 5.35. The second kappa shape index (κ2) is 10.7. The van der Waals surface area contributed by atoms with Crippen molar-refractivity contribution in [3.8, 4) is 11.1 Å². The Labute approximate surface area is 207 Å². The molecule has 2 aromatic carbocycles. The lowest BCUT2D eigenvalue weighted by atomic mass is 9.98. The van der Waals surface area contributed by atoms with Crippen LogP contribution in [0.1, 0.15) is 59.3 Å². The molecule has 4 rings (SSSR count). The van der Waals surface area contributed by atoms with Gasteiger partial charge in [-0.2, -0.15) is 4.37 Å². The number of anilines is 1. The second-order valence-electron chi connectivity index (χ2n) is 8.49. The number of ether oxygens (including phenoxy) is 1. The van der Waals surface area contributed by atoms with Crippen LogP contribution in [0.15, 0.2) is 48.5 Å². The molecule has 0 unspecified atom stereocenters. The lowest BCUT2D eigenvalue weighted by Gasteiger charge is -2.19. The van der Waals surface area contributed by atoms with Crippen molar-refractivity contribution < 1.29 is 24.2 Å². The number of hydrogen-bond acceptors (Lipinski definition) is 6. The highest BCUT2D eigenvalue weighted by Gasteiger charge is 2.29. The molecule has 0 saturated heterocycles. The number of carboxylic acids is 1. The molecule has 3 N–H and O–H groups in total. The van der Waals surface area contributed by atoms with E-state index < -0.39 is 24.0 Å². The Kier molecular flexibility index (Phi) is 7.45. The van der Waals surface area contributed by atoms with Gasteiger partial charge in [0.05, 0.1) is 5.69 Å². The van der Waals surface area contributed by atoms with Crippen molar-refractivity contribution >= 4 is 34.5 Å². The second-order valence-corrected chi connectivity index (χ2v) is 9.26. The minimum absolute atomic E-state index is 0.00591. The van der Waals surface area contributed by atoms with Crippen molar-refractivity contribution in [3.05, 3.63) is 70.9 Å². The van der Waals surface area contributed by atoms with Gasteiger partial charge >= 0.3 is 12.1 Å². The summed E-state index contributed by atoms with van der Waals surface area (Å²) in [6.07, 6.45) is 0.735. The largest absolute Gasteiger partial charge is 0.478 e. The average Bonchev–Trinajstić information content (AvgIpc) is 3.35. The number of carbonyl (C=O) groups excluding carboxylic acids is 2. The molecule has 1 aliphatic rings. The minimum Gasteiger partial charge on any atom is -0.478 e. The predicted octanol–water partition coefficient (Wildman–Crippen LogP) is 5.19. The van der Waals surface area contributed by atoms with E-state index in [9.17, 15) is 19.5 Å². The fourth-order valence-corrected chi connectivity index (χ4v) is 5.29. The first-order valence-electron chi connectivity index (χ1n) is 11.5. The molecule has 0 fully saturated rings. The summed E-state index contributed by atoms with van der Waals surface area (Å²) >= 11 is 0.923. The molecule has 1 atom stereocenters. The van der Waals surface area contributed by atoms with E-state index in [0.717, 1.165) is 40.2 Å². The molecule has 182 valence electrons. The smallest absolute Gasteiger partial charge is 0.407 e. The molecule has 1 aromatic heterocycles. The lowest BCUT2D eigenvalue weighted by molar-refractivity contribution is -0.116. The molecular formula is C26H27N3O5S. The van der Waals surface area contributed by atoms with Crippen LogP contribution in [0.4, 0.5) is 9.80 Å². The summed E-state index contributed by atoms with van der Waals surface area (Å²) in [6.45, 7) is 3.72. The van der Waals surface area contributed by atoms with Crippen LogP contribution in [-0.2, 0) is 9.53 Å². The zero-order valence-corrected chi connectivity index (χ0v) is 20.4. The van der Waals surface area contributed by atoms with Gasteiger partial charge in [-0.15, -0.1) is 0 Å². The molecule has 1 aliphatic carbocycles. The molecule has 0 saturated carbocycles. The molecule has 2 amide bonds. The van der Waals surface area contributed by atoms with Gasteiger partial charge in [0.2, 0.25) is 5.91 Å². The van der Waals surface area contributed by atoms with Gasteiger partial charge in [0, 0.05) is 18.4 Å². The van der Waals surface area contributed by atoms with E-state index in [0.29, 0.717) is 12.1 Å². The summed E-state index contributed by atoms with van der Waals surface area (Å²) in [6, 6.07) is 15.8. The molecule has 1 heterocycles. The van der Waals surface area contributed by atoms with Gasteiger partial charge in [0.15, 0.2) is 0 Å². The molecule has 0 bridgehead atoms. The van der Waals surface area contributed by atoms with Crippen LogP contribution in [0.2, 0.25) is 0 Å². The topological polar surface area (TPSA) is 118 Å². The molecule has 0 aliphatic heterocycles. The molecular weight excluding hydrogens is 466 g/mol. The number of fused-ring (bicyclic) bond motifs is 3. The van der Waals surface area contributed by atoms with Crippen LogP contribution < -0.4 is 10.6 Å². The number of aromatic nitrogens is 1. The number of alkyl carbamates (subject to hydrolysis) is 1. The first-order chi connectivity index (χ1) is 16.9. The van der Waals surface area contributed by atoms with Crippen LogP contribution >= 0.6 is 11.5 Å². The van der Waals surface area contributed by atoms with Gasteiger partial charge in [-0.05, 0) is 47.1 Å². The molecule has 0 radical (unpaired) electrons. The zero-order valence-electron chi connectivity index (χ0n) is 19.5. The van der Waals surface area contributed by atoms with E-state index in [2.05, 4.69) is 39.3 Å². The number of nitrogens with one attached hydrogen (secondary N) is 2. The summed E-state index contributed by atoms with van der Waals surface area (Å²) in [4.78, 5) is 36.7. The maximum Gasteiger partial charge on any atom is 0.407 e. The standard InChI is InChI=1S/C26H27N3O5S/c1-3-8-16(13-22(30)28-24-23(25(31)32)15(2)29-35-24)27-26(33)34-14-21-19-11-6-4-9-17(19)18-10-5-7-12-20(18)21/h4-7,9-12,16,21H,3,8,13-14H2,1-2H3,(H,27,33)(H,28,30)(H,31,32)/t16-/m0/s1. The SMILES string of the molecule is CCC[C@@H](CC(=O)Nc1snc(C)c1C(=O)O)NC(=O)OCC1c2ccccc2-c2ccccc21. The monoisotopic (exact) mass is 493 g/mol. The number of rotatable bonds is 9. The first kappa shape index (κ1) is 24.4. The Balaban J connectivity index is 1.37. The number of benzene rings is 2. The molecule has 9 heteroatoms. The number of hydrogen-bond donors (Lipinski definition) is 3. The van der Waals surface area contributed by atoms with E-state index in [1.807, 2.05) is 31.2 Å². The van der Waals surface area contributed by atoms with Crippen molar-refractivity contribution in [2.75, 3.05) is 11.9 Å². The molecule has 0 spiro atoms. The predicted molar refractivity (Wildman–Crippen MR) is 134 cm³/mol. The van der Waals surface area contributed by atoms with E-state index in [1.54, 1.807) is 6.92 Å². The van der Waals surface area contributed by atoms with Crippen LogP contribution in [0, 0.1) is 6.92 Å². The number of amides is 2. The fourth-order valence-electron chi connectivity index (χ4n) is 4.49. The summed E-state index contributed by atoms with van der Waals surface area (Å²) in [7, 11) is 0. The van der Waals surface area contributed by atoms with Crippen molar-refractivity contribution in [3.63, 3.8) is 0 Å². The summed E-state index contributed by atoms with van der Waals surface area (Å²) in [5.41, 5.74) is 4.88. The Morgan fingerprint density at radius 3 is 2.31 bits per heavy atom. The quantitative estimate of drug-likeness (QED) is 0.378. The van der Waals surface area contributed by atoms with Crippen molar-refractivity contribution in [2.45, 2.75) is 45.1 Å². The number of carboxylic acid groups (broad SMARTS) is 1. The maximum atomic E-state index is 12.6. The number of nitrogens with zero attached hydrogens (tertiary/aromatic N) is 1. The first-order valence-corrected chi connectivity index (χ1v) is 12.3. The Bertz CT molecular complexity index is 1210. The fraction of sp³-hybridized carbons (Fsp3) is 0.308. The highest BCUT2D eigenvalue weighted by atomic mass is 32.1. The number of aryl methyl sites for hydroxylation is 1. The van der Waals surface area contributed by atoms with Gasteiger partial charge in [0.25, 0.3) is 0 Å². The van der Waals surface area contributed by atoms with E-state index in [1.165, 1.54) is 0 Å². The maximum absolute atomic E-state index is 12.6. The van der Waals surface area contributed by atoms with Crippen molar-refractivity contribution in [2.24, 2.45) is 0 Å². The van der Waals surface area contributed by atoms with E-state index in [4.69, 9.17) is 4.74 Å². The lowest BCUT2D eigenvalue weighted by Crippen LogP contribution is -2.38. The van der Waals surface area contributed by atoms with Crippen molar-refractivity contribution in [1.82, 2.24) is 9.69 Å². The summed E-state index contributed by atoms with van der Waals surface area (Å²) < 4.78 is 9.61. The molecule has 35 heavy (non-hydrogen) atoms. The van der Waals surface area contributed by atoms with Crippen LogP contribution in [0.25, 0.3) is 11.1 Å².